The predicted octanol–water partition coefficient (Wildman–Crippen LogP) is 4.78. The average Bonchev–Trinajstić information content (AvgIpc) is 2.73. The summed E-state index contributed by atoms with van der Waals surface area (Å²) in [7, 11) is 1.42. The molecule has 0 radical (unpaired) electrons. The molecule has 0 fully saturated rings. The minimum absolute atomic E-state index is 0.0325. The van der Waals surface area contributed by atoms with E-state index in [1.807, 2.05) is 6.07 Å². The molecule has 0 spiro atoms. The molecule has 30 heavy (non-hydrogen) atoms. The number of carbonyl (C=O) groups is 2. The van der Waals surface area contributed by atoms with Crippen LogP contribution in [0.1, 0.15) is 37.2 Å². The molecule has 7 nitrogen and oxygen atoms in total. The molecule has 1 heterocycles. The lowest BCUT2D eigenvalue weighted by molar-refractivity contribution is -0.384. The first-order valence-electron chi connectivity index (χ1n) is 9.57. The summed E-state index contributed by atoms with van der Waals surface area (Å²) in [6.07, 6.45) is 1.51. The van der Waals surface area contributed by atoms with Gasteiger partial charge in [-0.2, -0.15) is 0 Å². The number of hydrogen-bond acceptors (Lipinski definition) is 5. The molecule has 154 valence electrons. The van der Waals surface area contributed by atoms with Gasteiger partial charge in [-0.1, -0.05) is 23.7 Å². The average molecular weight is 427 g/mol. The number of anilines is 1. The van der Waals surface area contributed by atoms with Crippen LogP contribution in [0.25, 0.3) is 0 Å². The summed E-state index contributed by atoms with van der Waals surface area (Å²) in [4.78, 5) is 38.7. The Bertz CT molecular complexity index is 1090. The molecule has 1 amide bonds. The van der Waals surface area contributed by atoms with E-state index in [0.717, 1.165) is 5.56 Å². The largest absolute Gasteiger partial charge is 0.496 e. The van der Waals surface area contributed by atoms with Crippen LogP contribution in [0.15, 0.2) is 53.7 Å². The van der Waals surface area contributed by atoms with Crippen LogP contribution < -0.4 is 9.64 Å². The molecule has 4 rings (SSSR count). The third-order valence-corrected chi connectivity index (χ3v) is 5.78. The summed E-state index contributed by atoms with van der Waals surface area (Å²) in [6.45, 7) is 0. The highest BCUT2D eigenvalue weighted by molar-refractivity contribution is 6.30. The van der Waals surface area contributed by atoms with Gasteiger partial charge >= 0.3 is 0 Å². The molecule has 1 atom stereocenters. The van der Waals surface area contributed by atoms with Gasteiger partial charge in [0.1, 0.15) is 11.4 Å². The summed E-state index contributed by atoms with van der Waals surface area (Å²) >= 11 is 6.14. The highest BCUT2D eigenvalue weighted by Gasteiger charge is 2.41. The van der Waals surface area contributed by atoms with E-state index >= 15 is 0 Å². The van der Waals surface area contributed by atoms with E-state index in [2.05, 4.69) is 0 Å². The number of halogens is 1. The third kappa shape index (κ3) is 3.45. The molecule has 2 aromatic carbocycles. The van der Waals surface area contributed by atoms with Crippen molar-refractivity contribution in [3.63, 3.8) is 0 Å². The van der Waals surface area contributed by atoms with Gasteiger partial charge in [0, 0.05) is 35.1 Å². The van der Waals surface area contributed by atoms with E-state index in [4.69, 9.17) is 16.3 Å². The minimum Gasteiger partial charge on any atom is -0.496 e. The molecule has 8 heteroatoms. The summed E-state index contributed by atoms with van der Waals surface area (Å²) in [5.41, 5.74) is 1.79. The van der Waals surface area contributed by atoms with Gasteiger partial charge < -0.3 is 4.74 Å². The van der Waals surface area contributed by atoms with E-state index in [1.54, 1.807) is 24.3 Å². The van der Waals surface area contributed by atoms with Gasteiger partial charge in [0.2, 0.25) is 5.91 Å². The number of carbonyl (C=O) groups excluding carboxylic acids is 2. The fraction of sp³-hybridized carbons (Fsp3) is 0.273. The molecule has 1 unspecified atom stereocenters. The normalized spacial score (nSPS) is 19.0. The molecular weight excluding hydrogens is 408 g/mol. The maximum absolute atomic E-state index is 13.2. The van der Waals surface area contributed by atoms with Crippen molar-refractivity contribution in [1.29, 1.82) is 0 Å². The standard InChI is InChI=1S/C22H19ClN2O5/c1-30-15-8-9-17(19(11-15)25(28)29)24-18-6-3-7-20(26)22(18)16(12-21(24)27)13-4-2-5-14(23)10-13/h2,4-5,8-11,16H,3,6-7,12H2,1H3. The lowest BCUT2D eigenvalue weighted by atomic mass is 9.77. The highest BCUT2D eigenvalue weighted by atomic mass is 35.5. The zero-order chi connectivity index (χ0) is 21.4. The Morgan fingerprint density at radius 1 is 1.17 bits per heavy atom. The number of hydrogen-bond donors (Lipinski definition) is 0. The number of nitrogens with zero attached hydrogens (tertiary/aromatic N) is 2. The van der Waals surface area contributed by atoms with E-state index in [9.17, 15) is 19.7 Å². The fourth-order valence-electron chi connectivity index (χ4n) is 4.25. The predicted molar refractivity (Wildman–Crippen MR) is 112 cm³/mol. The zero-order valence-corrected chi connectivity index (χ0v) is 17.0. The van der Waals surface area contributed by atoms with Crippen LogP contribution in [-0.4, -0.2) is 23.7 Å². The van der Waals surface area contributed by atoms with E-state index < -0.39 is 10.8 Å². The maximum atomic E-state index is 13.2. The first kappa shape index (κ1) is 20.1. The van der Waals surface area contributed by atoms with Crippen molar-refractivity contribution in [3.05, 3.63) is 74.4 Å². The SMILES string of the molecule is COc1ccc(N2C(=O)CC(c3cccc(Cl)c3)C3=C2CCCC3=O)c([N+](=O)[O-])c1. The number of ether oxygens (including phenoxy) is 1. The number of Topliss-reactive ketones (excluding diaryl/α,β-unsaturated/α-hetero) is 1. The first-order chi connectivity index (χ1) is 14.4. The second kappa shape index (κ2) is 7.91. The van der Waals surface area contributed by atoms with Crippen molar-refractivity contribution in [2.45, 2.75) is 31.6 Å². The molecule has 0 bridgehead atoms. The first-order valence-corrected chi connectivity index (χ1v) is 9.95. The summed E-state index contributed by atoms with van der Waals surface area (Å²) in [5, 5.41) is 12.2. The van der Waals surface area contributed by atoms with Gasteiger partial charge in [-0.3, -0.25) is 24.6 Å². The van der Waals surface area contributed by atoms with Crippen LogP contribution in [0, 0.1) is 10.1 Å². The quantitative estimate of drug-likeness (QED) is 0.518. The lowest BCUT2D eigenvalue weighted by Gasteiger charge is -2.38. The fourth-order valence-corrected chi connectivity index (χ4v) is 4.44. The molecule has 1 aliphatic heterocycles. The molecule has 2 aromatic rings. The van der Waals surface area contributed by atoms with E-state index in [0.29, 0.717) is 41.3 Å². The smallest absolute Gasteiger partial charge is 0.297 e. The van der Waals surface area contributed by atoms with Gasteiger partial charge in [0.15, 0.2) is 5.78 Å². The number of allylic oxidation sites excluding steroid dienone is 2. The van der Waals surface area contributed by atoms with Crippen molar-refractivity contribution in [3.8, 4) is 5.75 Å². The number of methoxy groups -OCH3 is 1. The van der Waals surface area contributed by atoms with E-state index in [1.165, 1.54) is 24.1 Å². The van der Waals surface area contributed by atoms with Crippen LogP contribution in [0.3, 0.4) is 0 Å². The van der Waals surface area contributed by atoms with Gasteiger partial charge in [0.25, 0.3) is 5.69 Å². The third-order valence-electron chi connectivity index (χ3n) is 5.55. The zero-order valence-electron chi connectivity index (χ0n) is 16.3. The Hall–Kier alpha value is -3.19. The van der Waals surface area contributed by atoms with Crippen molar-refractivity contribution >= 4 is 34.7 Å². The Balaban J connectivity index is 1.90. The monoisotopic (exact) mass is 426 g/mol. The number of rotatable bonds is 4. The maximum Gasteiger partial charge on any atom is 0.297 e. The Morgan fingerprint density at radius 2 is 1.97 bits per heavy atom. The second-order valence-electron chi connectivity index (χ2n) is 7.29. The molecule has 0 saturated carbocycles. The lowest BCUT2D eigenvalue weighted by Crippen LogP contribution is -2.40. The summed E-state index contributed by atoms with van der Waals surface area (Å²) in [5.74, 6) is -0.412. The van der Waals surface area contributed by atoms with Gasteiger partial charge in [-0.15, -0.1) is 0 Å². The number of nitro benzene ring substituents is 1. The van der Waals surface area contributed by atoms with Crippen LogP contribution >= 0.6 is 11.6 Å². The van der Waals surface area contributed by atoms with Gasteiger partial charge in [-0.25, -0.2) is 0 Å². The number of benzene rings is 2. The Labute approximate surface area is 178 Å². The minimum atomic E-state index is -0.543. The van der Waals surface area contributed by atoms with Crippen LogP contribution in [0.4, 0.5) is 11.4 Å². The molecule has 0 saturated heterocycles. The summed E-state index contributed by atoms with van der Waals surface area (Å²) < 4.78 is 5.10. The second-order valence-corrected chi connectivity index (χ2v) is 7.73. The van der Waals surface area contributed by atoms with Gasteiger partial charge in [0.05, 0.1) is 18.1 Å². The van der Waals surface area contributed by atoms with Crippen molar-refractivity contribution in [1.82, 2.24) is 0 Å². The number of amides is 1. The van der Waals surface area contributed by atoms with Crippen LogP contribution in [0.5, 0.6) is 5.75 Å². The number of ketones is 1. The Kier molecular flexibility index (Phi) is 5.30. The van der Waals surface area contributed by atoms with Crippen LogP contribution in [-0.2, 0) is 9.59 Å². The molecular formula is C22H19ClN2O5. The molecule has 0 N–H and O–H groups in total. The Morgan fingerprint density at radius 3 is 2.67 bits per heavy atom. The highest BCUT2D eigenvalue weighted by Crippen LogP contribution is 2.46. The van der Waals surface area contributed by atoms with Gasteiger partial charge in [-0.05, 0) is 42.7 Å². The molecule has 0 aromatic heterocycles. The number of nitro groups is 1. The topological polar surface area (TPSA) is 89.8 Å². The van der Waals surface area contributed by atoms with Crippen molar-refractivity contribution in [2.75, 3.05) is 12.0 Å². The molecule has 2 aliphatic rings. The van der Waals surface area contributed by atoms with Crippen LogP contribution in [0.2, 0.25) is 5.02 Å². The molecule has 1 aliphatic carbocycles. The van der Waals surface area contributed by atoms with Crippen molar-refractivity contribution in [2.24, 2.45) is 0 Å². The van der Waals surface area contributed by atoms with E-state index in [-0.39, 0.29) is 29.5 Å². The van der Waals surface area contributed by atoms with Crippen molar-refractivity contribution < 1.29 is 19.2 Å². The summed E-state index contributed by atoms with van der Waals surface area (Å²) in [6, 6.07) is 11.5.